The minimum absolute atomic E-state index is 0.526. The zero-order chi connectivity index (χ0) is 17.3. The van der Waals surface area contributed by atoms with Gasteiger partial charge in [0.25, 0.3) is 0 Å². The van der Waals surface area contributed by atoms with Crippen molar-refractivity contribution in [2.24, 2.45) is 5.92 Å². The van der Waals surface area contributed by atoms with Gasteiger partial charge in [-0.15, -0.1) is 5.10 Å². The largest absolute Gasteiger partial charge is 0.443 e. The molecule has 3 rings (SSSR count). The van der Waals surface area contributed by atoms with Crippen molar-refractivity contribution in [2.45, 2.75) is 39.2 Å². The van der Waals surface area contributed by atoms with Crippen LogP contribution in [0.3, 0.4) is 0 Å². The van der Waals surface area contributed by atoms with E-state index < -0.39 is 11.7 Å². The molecule has 130 valence electrons. The van der Waals surface area contributed by atoms with Crippen molar-refractivity contribution < 1.29 is 9.53 Å². The van der Waals surface area contributed by atoms with E-state index in [-0.39, 0.29) is 0 Å². The molecule has 0 atom stereocenters. The van der Waals surface area contributed by atoms with Crippen LogP contribution in [0.4, 0.5) is 16.6 Å². The van der Waals surface area contributed by atoms with Gasteiger partial charge in [0.15, 0.2) is 5.82 Å². The van der Waals surface area contributed by atoms with Gasteiger partial charge < -0.3 is 9.64 Å². The standard InChI is InChI=1S/C16H24N6O2/c1-16(2,3)24-15(23)19-18-13-12-6-5-9-22(12)20-14(17-13)21(4)10-11-7-8-11/h5-6,9,11H,7-8,10H2,1-4H3,(H,19,23)(H,17,18,20). The molecule has 0 aliphatic heterocycles. The zero-order valence-corrected chi connectivity index (χ0v) is 14.5. The Morgan fingerprint density at radius 2 is 2.21 bits per heavy atom. The highest BCUT2D eigenvalue weighted by atomic mass is 16.6. The number of carbonyl (C=O) groups excluding carboxylic acids is 1. The Kier molecular flexibility index (Phi) is 4.21. The zero-order valence-electron chi connectivity index (χ0n) is 14.5. The van der Waals surface area contributed by atoms with Crippen LogP contribution in [-0.4, -0.2) is 39.9 Å². The van der Waals surface area contributed by atoms with Crippen molar-refractivity contribution in [3.8, 4) is 0 Å². The van der Waals surface area contributed by atoms with Crippen LogP contribution in [0.1, 0.15) is 33.6 Å². The Labute approximate surface area is 141 Å². The van der Waals surface area contributed by atoms with Crippen molar-refractivity contribution in [3.05, 3.63) is 18.3 Å². The fraction of sp³-hybridized carbons (Fsp3) is 0.562. The number of nitrogens with zero attached hydrogens (tertiary/aromatic N) is 4. The summed E-state index contributed by atoms with van der Waals surface area (Å²) < 4.78 is 6.96. The number of nitrogens with one attached hydrogen (secondary N) is 2. The highest BCUT2D eigenvalue weighted by molar-refractivity contribution is 5.74. The molecule has 0 saturated heterocycles. The summed E-state index contributed by atoms with van der Waals surface area (Å²) in [7, 11) is 1.98. The molecule has 2 aromatic heterocycles. The summed E-state index contributed by atoms with van der Waals surface area (Å²) in [6.45, 7) is 6.38. The minimum Gasteiger partial charge on any atom is -0.443 e. The molecule has 1 fully saturated rings. The van der Waals surface area contributed by atoms with Gasteiger partial charge in [-0.05, 0) is 51.7 Å². The molecule has 8 heteroatoms. The molecule has 1 saturated carbocycles. The number of hydrogen-bond acceptors (Lipinski definition) is 6. The second-order valence-corrected chi connectivity index (χ2v) is 7.17. The molecule has 24 heavy (non-hydrogen) atoms. The Morgan fingerprint density at radius 1 is 1.46 bits per heavy atom. The first-order valence-corrected chi connectivity index (χ1v) is 8.13. The summed E-state index contributed by atoms with van der Waals surface area (Å²) in [5.74, 6) is 1.87. The predicted molar refractivity (Wildman–Crippen MR) is 92.0 cm³/mol. The summed E-state index contributed by atoms with van der Waals surface area (Å²) in [6, 6.07) is 3.76. The molecule has 2 N–H and O–H groups in total. The fourth-order valence-corrected chi connectivity index (χ4v) is 2.36. The molecule has 1 aliphatic carbocycles. The first kappa shape index (κ1) is 16.4. The smallest absolute Gasteiger partial charge is 0.426 e. The van der Waals surface area contributed by atoms with Crippen LogP contribution in [-0.2, 0) is 4.74 Å². The number of carbonyl (C=O) groups is 1. The topological polar surface area (TPSA) is 83.8 Å². The Bertz CT molecular complexity index is 732. The van der Waals surface area contributed by atoms with E-state index in [1.54, 1.807) is 4.52 Å². The third kappa shape index (κ3) is 4.06. The molecule has 2 aromatic rings. The van der Waals surface area contributed by atoms with Crippen molar-refractivity contribution in [1.29, 1.82) is 0 Å². The maximum atomic E-state index is 11.8. The van der Waals surface area contributed by atoms with E-state index in [0.29, 0.717) is 11.8 Å². The van der Waals surface area contributed by atoms with E-state index in [0.717, 1.165) is 18.0 Å². The molecule has 2 heterocycles. The highest BCUT2D eigenvalue weighted by Crippen LogP contribution is 2.30. The number of rotatable bonds is 5. The van der Waals surface area contributed by atoms with Crippen molar-refractivity contribution >= 4 is 23.4 Å². The molecule has 8 nitrogen and oxygen atoms in total. The van der Waals surface area contributed by atoms with E-state index in [9.17, 15) is 4.79 Å². The Morgan fingerprint density at radius 3 is 2.88 bits per heavy atom. The lowest BCUT2D eigenvalue weighted by molar-refractivity contribution is 0.0541. The molecule has 0 aromatic carbocycles. The Balaban J connectivity index is 1.75. The van der Waals surface area contributed by atoms with Crippen LogP contribution < -0.4 is 15.8 Å². The van der Waals surface area contributed by atoms with Gasteiger partial charge in [0.2, 0.25) is 5.95 Å². The van der Waals surface area contributed by atoms with Crippen LogP contribution in [0.25, 0.3) is 5.52 Å². The van der Waals surface area contributed by atoms with E-state index >= 15 is 0 Å². The van der Waals surface area contributed by atoms with Crippen LogP contribution >= 0.6 is 0 Å². The number of hydrogen-bond donors (Lipinski definition) is 2. The number of aromatic nitrogens is 3. The van der Waals surface area contributed by atoms with E-state index in [1.807, 2.05) is 51.0 Å². The summed E-state index contributed by atoms with van der Waals surface area (Å²) >= 11 is 0. The lowest BCUT2D eigenvalue weighted by Crippen LogP contribution is -2.36. The molecular formula is C16H24N6O2. The van der Waals surface area contributed by atoms with Gasteiger partial charge in [-0.25, -0.2) is 14.7 Å². The summed E-state index contributed by atoms with van der Waals surface area (Å²) in [6.07, 6.45) is 3.83. The van der Waals surface area contributed by atoms with Crippen molar-refractivity contribution in [1.82, 2.24) is 20.0 Å². The average Bonchev–Trinajstić information content (AvgIpc) is 3.16. The number of ether oxygens (including phenoxy) is 1. The fourth-order valence-electron chi connectivity index (χ4n) is 2.36. The van der Waals surface area contributed by atoms with Crippen LogP contribution in [0, 0.1) is 5.92 Å². The summed E-state index contributed by atoms with van der Waals surface area (Å²) in [5, 5.41) is 4.51. The molecule has 0 unspecified atom stereocenters. The van der Waals surface area contributed by atoms with Gasteiger partial charge in [0, 0.05) is 19.8 Å². The van der Waals surface area contributed by atoms with Crippen LogP contribution in [0.5, 0.6) is 0 Å². The number of hydrazine groups is 1. The van der Waals surface area contributed by atoms with Gasteiger partial charge in [0.05, 0.1) is 0 Å². The predicted octanol–water partition coefficient (Wildman–Crippen LogP) is 2.43. The quantitative estimate of drug-likeness (QED) is 0.818. The minimum atomic E-state index is -0.558. The van der Waals surface area contributed by atoms with E-state index in [4.69, 9.17) is 4.74 Å². The maximum Gasteiger partial charge on any atom is 0.426 e. The van der Waals surface area contributed by atoms with Crippen molar-refractivity contribution in [2.75, 3.05) is 23.9 Å². The molecule has 0 spiro atoms. The van der Waals surface area contributed by atoms with Gasteiger partial charge in [-0.1, -0.05) is 0 Å². The second kappa shape index (κ2) is 6.18. The normalized spacial score (nSPS) is 14.5. The number of fused-ring (bicyclic) bond motifs is 1. The summed E-state index contributed by atoms with van der Waals surface area (Å²) in [5.41, 5.74) is 5.58. The van der Waals surface area contributed by atoms with Gasteiger partial charge in [-0.3, -0.25) is 5.43 Å². The molecule has 1 amide bonds. The van der Waals surface area contributed by atoms with Gasteiger partial charge in [-0.2, -0.15) is 4.98 Å². The highest BCUT2D eigenvalue weighted by Gasteiger charge is 2.24. The Hall–Kier alpha value is -2.51. The summed E-state index contributed by atoms with van der Waals surface area (Å²) in [4.78, 5) is 18.4. The van der Waals surface area contributed by atoms with Gasteiger partial charge >= 0.3 is 6.09 Å². The third-order valence-electron chi connectivity index (χ3n) is 3.63. The van der Waals surface area contributed by atoms with Gasteiger partial charge in [0.1, 0.15) is 11.1 Å². The third-order valence-corrected chi connectivity index (χ3v) is 3.63. The molecule has 0 radical (unpaired) electrons. The molecule has 1 aliphatic rings. The lowest BCUT2D eigenvalue weighted by atomic mass is 10.2. The van der Waals surface area contributed by atoms with Crippen molar-refractivity contribution in [3.63, 3.8) is 0 Å². The molecular weight excluding hydrogens is 308 g/mol. The average molecular weight is 332 g/mol. The van der Waals surface area contributed by atoms with Crippen LogP contribution in [0.15, 0.2) is 18.3 Å². The number of amides is 1. The SMILES string of the molecule is CN(CC1CC1)c1nc(NNC(=O)OC(C)(C)C)c2cccn2n1. The van der Waals surface area contributed by atoms with E-state index in [2.05, 4.69) is 20.9 Å². The first-order chi connectivity index (χ1) is 11.3. The molecule has 0 bridgehead atoms. The number of anilines is 2. The maximum absolute atomic E-state index is 11.8. The second-order valence-electron chi connectivity index (χ2n) is 7.17. The van der Waals surface area contributed by atoms with Crippen LogP contribution in [0.2, 0.25) is 0 Å². The first-order valence-electron chi connectivity index (χ1n) is 8.13. The van der Waals surface area contributed by atoms with E-state index in [1.165, 1.54) is 12.8 Å². The lowest BCUT2D eigenvalue weighted by Gasteiger charge is -2.21. The monoisotopic (exact) mass is 332 g/mol.